The van der Waals surface area contributed by atoms with Gasteiger partial charge in [0.15, 0.2) is 0 Å². The Balaban J connectivity index is 1.77. The van der Waals surface area contributed by atoms with E-state index < -0.39 is 77.9 Å². The minimum absolute atomic E-state index is 0.0201. The first-order chi connectivity index (χ1) is 26.8. The lowest BCUT2D eigenvalue weighted by Crippen LogP contribution is -2.58. The van der Waals surface area contributed by atoms with Gasteiger partial charge in [-0.1, -0.05) is 69.6 Å². The number of aromatic amines is 1. The number of nitrogens with zero attached hydrogens (tertiary/aromatic N) is 1. The largest absolute Gasteiger partial charge is 0.444 e. The first-order valence-electron chi connectivity index (χ1n) is 19.0. The number of amides is 6. The lowest BCUT2D eigenvalue weighted by molar-refractivity contribution is -0.132. The Kier molecular flexibility index (Phi) is 17.7. The Hall–Kier alpha value is -5.28. The van der Waals surface area contributed by atoms with Crippen molar-refractivity contribution in [1.82, 2.24) is 36.6 Å². The van der Waals surface area contributed by atoms with Gasteiger partial charge in [-0.3, -0.25) is 29.3 Å². The van der Waals surface area contributed by atoms with E-state index in [1.54, 1.807) is 45.0 Å². The zero-order valence-corrected chi connectivity index (χ0v) is 34.3. The SMILES string of the molecule is CC(C)C[C@H](NC(=O)C[C@H](O)[C@H](CC(C)C)NC(=O)[C@H](Cc1cnc[nH]1)NC(=O)[C@H](Cc1ccccc1)NC(=O)OC(C)(C)C)C(=O)NC(=O)c1ccc(Cl)cc1. The van der Waals surface area contributed by atoms with Gasteiger partial charge >= 0.3 is 6.09 Å². The molecule has 15 nitrogen and oxygen atoms in total. The topological polar surface area (TPSA) is 221 Å². The van der Waals surface area contributed by atoms with Crippen LogP contribution in [0, 0.1) is 11.8 Å². The molecule has 0 aliphatic carbocycles. The van der Waals surface area contributed by atoms with Gasteiger partial charge < -0.3 is 36.1 Å². The number of nitrogens with one attached hydrogen (secondary N) is 6. The number of benzene rings is 2. The molecule has 0 saturated carbocycles. The van der Waals surface area contributed by atoms with Crippen molar-refractivity contribution >= 4 is 47.2 Å². The fourth-order valence-corrected chi connectivity index (χ4v) is 6.00. The standard InChI is InChI=1S/C41H56ClN7O8/c1-24(2)17-30(34(50)21-35(51)45-31(18-25(3)4)39(55)49-36(52)27-13-15-28(42)16-14-27)46-38(54)33(20-29-22-43-23-44-29)47-37(53)32(19-26-11-9-8-10-12-26)48-40(56)57-41(5,6)7/h8-16,22-25,30-34,50H,17-21H2,1-7H3,(H,43,44)(H,45,51)(H,46,54)(H,47,53)(H,48,56)(H,49,52,55)/t30-,31-,32-,33-,34-/m0/s1. The smallest absolute Gasteiger partial charge is 0.408 e. The number of imide groups is 1. The molecule has 5 atom stereocenters. The van der Waals surface area contributed by atoms with Gasteiger partial charge in [0, 0.05) is 35.3 Å². The van der Waals surface area contributed by atoms with Crippen molar-refractivity contribution in [3.63, 3.8) is 0 Å². The zero-order chi connectivity index (χ0) is 42.3. The van der Waals surface area contributed by atoms with Crippen molar-refractivity contribution in [2.24, 2.45) is 11.8 Å². The molecule has 0 spiro atoms. The summed E-state index contributed by atoms with van der Waals surface area (Å²) in [6.07, 6.45) is 0.771. The molecule has 0 bridgehead atoms. The maximum atomic E-state index is 14.0. The molecule has 7 N–H and O–H groups in total. The zero-order valence-electron chi connectivity index (χ0n) is 33.6. The molecule has 16 heteroatoms. The molecule has 1 heterocycles. The van der Waals surface area contributed by atoms with Gasteiger partial charge in [0.25, 0.3) is 5.91 Å². The molecule has 1 aromatic heterocycles. The first kappa shape index (κ1) is 46.1. The highest BCUT2D eigenvalue weighted by Crippen LogP contribution is 2.15. The highest BCUT2D eigenvalue weighted by molar-refractivity contribution is 6.30. The van der Waals surface area contributed by atoms with Crippen molar-refractivity contribution in [3.8, 4) is 0 Å². The number of imidazole rings is 1. The van der Waals surface area contributed by atoms with E-state index >= 15 is 0 Å². The molecule has 0 radical (unpaired) electrons. The molecule has 0 saturated heterocycles. The summed E-state index contributed by atoms with van der Waals surface area (Å²) in [5, 5.41) is 25.0. The minimum Gasteiger partial charge on any atom is -0.444 e. The normalized spacial score (nSPS) is 14.1. The van der Waals surface area contributed by atoms with Crippen molar-refractivity contribution in [3.05, 3.63) is 89.0 Å². The summed E-state index contributed by atoms with van der Waals surface area (Å²) < 4.78 is 5.41. The molecule has 0 unspecified atom stereocenters. The number of hydrogen-bond donors (Lipinski definition) is 7. The van der Waals surface area contributed by atoms with Gasteiger partial charge in [0.2, 0.25) is 23.6 Å². The van der Waals surface area contributed by atoms with Crippen LogP contribution in [-0.2, 0) is 36.8 Å². The van der Waals surface area contributed by atoms with Gasteiger partial charge in [-0.15, -0.1) is 0 Å². The van der Waals surface area contributed by atoms with Gasteiger partial charge in [-0.05, 0) is 75.3 Å². The molecule has 0 aliphatic rings. The van der Waals surface area contributed by atoms with Crippen LogP contribution in [0.3, 0.4) is 0 Å². The molecule has 2 aromatic carbocycles. The molecule has 57 heavy (non-hydrogen) atoms. The summed E-state index contributed by atoms with van der Waals surface area (Å²) >= 11 is 5.91. The Bertz CT molecular complexity index is 1780. The van der Waals surface area contributed by atoms with Crippen LogP contribution in [0.5, 0.6) is 0 Å². The molecule has 3 rings (SSSR count). The highest BCUT2D eigenvalue weighted by Gasteiger charge is 2.33. The summed E-state index contributed by atoms with van der Waals surface area (Å²) in [7, 11) is 0. The van der Waals surface area contributed by atoms with Gasteiger partial charge in [-0.2, -0.15) is 0 Å². The summed E-state index contributed by atoms with van der Waals surface area (Å²) in [5.41, 5.74) is 0.656. The second kappa shape index (κ2) is 21.9. The summed E-state index contributed by atoms with van der Waals surface area (Å²) in [6, 6.07) is 10.6. The van der Waals surface area contributed by atoms with Crippen LogP contribution >= 0.6 is 11.6 Å². The predicted octanol–water partition coefficient (Wildman–Crippen LogP) is 4.00. The van der Waals surface area contributed by atoms with Crippen LogP contribution in [0.2, 0.25) is 5.02 Å². The minimum atomic E-state index is -1.40. The van der Waals surface area contributed by atoms with E-state index in [1.807, 2.05) is 33.8 Å². The van der Waals surface area contributed by atoms with Crippen molar-refractivity contribution < 1.29 is 38.6 Å². The van der Waals surface area contributed by atoms with Gasteiger partial charge in [0.05, 0.1) is 24.9 Å². The molecular formula is C41H56ClN7O8. The van der Waals surface area contributed by atoms with E-state index in [-0.39, 0.29) is 43.1 Å². The fourth-order valence-electron chi connectivity index (χ4n) is 5.87. The van der Waals surface area contributed by atoms with Crippen LogP contribution in [-0.4, -0.2) is 86.6 Å². The van der Waals surface area contributed by atoms with Gasteiger partial charge in [0.1, 0.15) is 23.7 Å². The maximum Gasteiger partial charge on any atom is 0.408 e. The van der Waals surface area contributed by atoms with Crippen molar-refractivity contribution in [1.29, 1.82) is 0 Å². The number of H-pyrrole nitrogens is 1. The number of carbonyl (C=O) groups is 6. The number of hydrogen-bond acceptors (Lipinski definition) is 9. The molecule has 3 aromatic rings. The average molecular weight is 810 g/mol. The average Bonchev–Trinajstić information content (AvgIpc) is 3.63. The number of alkyl carbamates (subject to hydrolysis) is 1. The summed E-state index contributed by atoms with van der Waals surface area (Å²) in [4.78, 5) is 86.9. The van der Waals surface area contributed by atoms with Crippen molar-refractivity contribution in [2.45, 2.75) is 116 Å². The fraction of sp³-hybridized carbons (Fsp3) is 0.488. The lowest BCUT2D eigenvalue weighted by Gasteiger charge is -2.29. The summed E-state index contributed by atoms with van der Waals surface area (Å²) in [6.45, 7) is 12.6. The van der Waals surface area contributed by atoms with Crippen LogP contribution in [0.25, 0.3) is 0 Å². The Morgan fingerprint density at radius 2 is 1.39 bits per heavy atom. The molecule has 0 fully saturated rings. The summed E-state index contributed by atoms with van der Waals surface area (Å²) in [5.74, 6) is -3.46. The lowest BCUT2D eigenvalue weighted by atomic mass is 9.96. The van der Waals surface area contributed by atoms with Crippen LogP contribution < -0.4 is 26.6 Å². The van der Waals surface area contributed by atoms with Crippen LogP contribution in [0.1, 0.15) is 89.3 Å². The Morgan fingerprint density at radius 3 is 1.96 bits per heavy atom. The van der Waals surface area contributed by atoms with E-state index in [0.717, 1.165) is 5.56 Å². The maximum absolute atomic E-state index is 14.0. The molecule has 0 aliphatic heterocycles. The third-order valence-electron chi connectivity index (χ3n) is 8.52. The number of ether oxygens (including phenoxy) is 1. The van der Waals surface area contributed by atoms with Crippen molar-refractivity contribution in [2.75, 3.05) is 0 Å². The number of rotatable bonds is 19. The molecule has 310 valence electrons. The predicted molar refractivity (Wildman–Crippen MR) is 215 cm³/mol. The monoisotopic (exact) mass is 809 g/mol. The number of aliphatic hydroxyl groups excluding tert-OH is 1. The second-order valence-corrected chi connectivity index (χ2v) is 16.3. The number of halogens is 1. The Labute approximate surface area is 338 Å². The number of aliphatic hydroxyl groups is 1. The highest BCUT2D eigenvalue weighted by atomic mass is 35.5. The number of carbonyl (C=O) groups excluding carboxylic acids is 6. The van der Waals surface area contributed by atoms with E-state index in [1.165, 1.54) is 36.8 Å². The Morgan fingerprint density at radius 1 is 0.772 bits per heavy atom. The van der Waals surface area contributed by atoms with E-state index in [0.29, 0.717) is 10.7 Å². The van der Waals surface area contributed by atoms with Gasteiger partial charge in [-0.25, -0.2) is 9.78 Å². The molecular weight excluding hydrogens is 754 g/mol. The van der Waals surface area contributed by atoms with E-state index in [9.17, 15) is 33.9 Å². The van der Waals surface area contributed by atoms with E-state index in [4.69, 9.17) is 16.3 Å². The van der Waals surface area contributed by atoms with Crippen LogP contribution in [0.4, 0.5) is 4.79 Å². The quantitative estimate of drug-likeness (QED) is 0.0930. The van der Waals surface area contributed by atoms with Crippen LogP contribution in [0.15, 0.2) is 67.1 Å². The third-order valence-corrected chi connectivity index (χ3v) is 8.77. The van der Waals surface area contributed by atoms with E-state index in [2.05, 4.69) is 36.6 Å². The molecule has 6 amide bonds. The third kappa shape index (κ3) is 16.8. The second-order valence-electron chi connectivity index (χ2n) is 15.8. The number of aromatic nitrogens is 2. The first-order valence-corrected chi connectivity index (χ1v) is 19.4.